The molecule has 112 valence electrons. The van der Waals surface area contributed by atoms with Crippen LogP contribution in [0.25, 0.3) is 10.9 Å². The summed E-state index contributed by atoms with van der Waals surface area (Å²) in [5.74, 6) is 1.93. The van der Waals surface area contributed by atoms with Gasteiger partial charge in [-0.05, 0) is 37.4 Å². The number of nitrogens with zero attached hydrogens (tertiary/aromatic N) is 2. The molecule has 0 saturated heterocycles. The molecule has 1 saturated carbocycles. The molecule has 0 aliphatic heterocycles. The highest BCUT2D eigenvalue weighted by Gasteiger charge is 2.20. The fourth-order valence-electron chi connectivity index (χ4n) is 3.08. The van der Waals surface area contributed by atoms with Crippen molar-refractivity contribution in [1.29, 1.82) is 0 Å². The van der Waals surface area contributed by atoms with Crippen molar-refractivity contribution in [3.63, 3.8) is 0 Å². The van der Waals surface area contributed by atoms with Gasteiger partial charge in [0.1, 0.15) is 5.82 Å². The standard InChI is InChI=1S/C18H25N3/c1-3-21(12-14-7-6-8-14)13-16-11-15-9-4-5-10-17(15)20-18(16)19-2/h4-5,9-11,14H,3,6-8,12-13H2,1-2H3,(H,19,20). The Bertz CT molecular complexity index is 604. The monoisotopic (exact) mass is 283 g/mol. The maximum atomic E-state index is 4.76. The maximum absolute atomic E-state index is 4.76. The van der Waals surface area contributed by atoms with Gasteiger partial charge in [-0.25, -0.2) is 4.98 Å². The minimum Gasteiger partial charge on any atom is -0.373 e. The van der Waals surface area contributed by atoms with Gasteiger partial charge in [-0.1, -0.05) is 31.5 Å². The molecule has 1 fully saturated rings. The van der Waals surface area contributed by atoms with Gasteiger partial charge in [0.2, 0.25) is 0 Å². The van der Waals surface area contributed by atoms with Gasteiger partial charge in [0, 0.05) is 31.1 Å². The third kappa shape index (κ3) is 3.18. The van der Waals surface area contributed by atoms with E-state index in [-0.39, 0.29) is 0 Å². The van der Waals surface area contributed by atoms with Gasteiger partial charge in [-0.2, -0.15) is 0 Å². The van der Waals surface area contributed by atoms with Crippen molar-refractivity contribution in [3.8, 4) is 0 Å². The number of pyridine rings is 1. The Labute approximate surface area is 127 Å². The predicted molar refractivity (Wildman–Crippen MR) is 89.6 cm³/mol. The number of anilines is 1. The first-order valence-electron chi connectivity index (χ1n) is 8.09. The molecule has 3 heteroatoms. The molecule has 1 aromatic heterocycles. The lowest BCUT2D eigenvalue weighted by Crippen LogP contribution is -2.32. The van der Waals surface area contributed by atoms with Gasteiger partial charge in [0.05, 0.1) is 5.52 Å². The fourth-order valence-corrected chi connectivity index (χ4v) is 3.08. The van der Waals surface area contributed by atoms with Crippen LogP contribution in [0.5, 0.6) is 0 Å². The Morgan fingerprint density at radius 1 is 1.29 bits per heavy atom. The van der Waals surface area contributed by atoms with E-state index in [9.17, 15) is 0 Å². The number of aromatic nitrogens is 1. The van der Waals surface area contributed by atoms with Crippen molar-refractivity contribution in [2.24, 2.45) is 5.92 Å². The van der Waals surface area contributed by atoms with E-state index in [1.54, 1.807) is 0 Å². The first-order valence-corrected chi connectivity index (χ1v) is 8.09. The van der Waals surface area contributed by atoms with Crippen LogP contribution in [-0.2, 0) is 6.54 Å². The summed E-state index contributed by atoms with van der Waals surface area (Å²) in [6, 6.07) is 10.6. The first-order chi connectivity index (χ1) is 10.3. The molecular weight excluding hydrogens is 258 g/mol. The van der Waals surface area contributed by atoms with Crippen LogP contribution in [0.2, 0.25) is 0 Å². The van der Waals surface area contributed by atoms with Crippen LogP contribution >= 0.6 is 0 Å². The highest BCUT2D eigenvalue weighted by Crippen LogP contribution is 2.28. The Morgan fingerprint density at radius 3 is 2.76 bits per heavy atom. The Morgan fingerprint density at radius 2 is 2.10 bits per heavy atom. The van der Waals surface area contributed by atoms with E-state index in [1.807, 2.05) is 13.1 Å². The molecule has 1 aliphatic rings. The largest absolute Gasteiger partial charge is 0.373 e. The van der Waals surface area contributed by atoms with E-state index in [0.717, 1.165) is 30.3 Å². The number of nitrogens with one attached hydrogen (secondary N) is 1. The lowest BCUT2D eigenvalue weighted by molar-refractivity contribution is 0.178. The lowest BCUT2D eigenvalue weighted by Gasteiger charge is -2.32. The quantitative estimate of drug-likeness (QED) is 0.871. The molecule has 3 rings (SSSR count). The summed E-state index contributed by atoms with van der Waals surface area (Å²) in [4.78, 5) is 7.31. The number of rotatable bonds is 6. The zero-order chi connectivity index (χ0) is 14.7. The predicted octanol–water partition coefficient (Wildman–Crippen LogP) is 3.90. The molecule has 1 N–H and O–H groups in total. The van der Waals surface area contributed by atoms with Gasteiger partial charge >= 0.3 is 0 Å². The summed E-state index contributed by atoms with van der Waals surface area (Å²) in [6.45, 7) is 5.58. The number of fused-ring (bicyclic) bond motifs is 1. The molecule has 2 aromatic rings. The lowest BCUT2D eigenvalue weighted by atomic mass is 9.85. The van der Waals surface area contributed by atoms with E-state index in [0.29, 0.717) is 0 Å². The molecule has 1 aromatic carbocycles. The molecule has 0 bridgehead atoms. The normalized spacial score (nSPS) is 15.4. The van der Waals surface area contributed by atoms with E-state index < -0.39 is 0 Å². The van der Waals surface area contributed by atoms with Gasteiger partial charge in [0.15, 0.2) is 0 Å². The Balaban J connectivity index is 1.83. The van der Waals surface area contributed by atoms with Crippen LogP contribution in [0, 0.1) is 5.92 Å². The molecule has 0 spiro atoms. The number of para-hydroxylation sites is 1. The second-order valence-electron chi connectivity index (χ2n) is 6.06. The zero-order valence-electron chi connectivity index (χ0n) is 13.1. The minimum atomic E-state index is 0.913. The van der Waals surface area contributed by atoms with Crippen LogP contribution in [0.15, 0.2) is 30.3 Å². The summed E-state index contributed by atoms with van der Waals surface area (Å²) in [7, 11) is 1.96. The smallest absolute Gasteiger partial charge is 0.130 e. The molecule has 0 amide bonds. The van der Waals surface area contributed by atoms with Crippen LogP contribution in [0.4, 0.5) is 5.82 Å². The van der Waals surface area contributed by atoms with Gasteiger partial charge in [0.25, 0.3) is 0 Å². The minimum absolute atomic E-state index is 0.913. The first kappa shape index (κ1) is 14.3. The van der Waals surface area contributed by atoms with E-state index in [2.05, 4.69) is 41.4 Å². The second kappa shape index (κ2) is 6.44. The third-order valence-electron chi connectivity index (χ3n) is 4.62. The summed E-state index contributed by atoms with van der Waals surface area (Å²) in [6.07, 6.45) is 4.23. The van der Waals surface area contributed by atoms with Crippen molar-refractivity contribution in [2.75, 3.05) is 25.5 Å². The number of hydrogen-bond acceptors (Lipinski definition) is 3. The summed E-state index contributed by atoms with van der Waals surface area (Å²) in [5, 5.41) is 4.49. The maximum Gasteiger partial charge on any atom is 0.130 e. The van der Waals surface area contributed by atoms with Crippen molar-refractivity contribution in [2.45, 2.75) is 32.7 Å². The fraction of sp³-hybridized carbons (Fsp3) is 0.500. The molecular formula is C18H25N3. The Kier molecular flexibility index (Phi) is 4.39. The average molecular weight is 283 g/mol. The zero-order valence-corrected chi connectivity index (χ0v) is 13.1. The van der Waals surface area contributed by atoms with E-state index in [4.69, 9.17) is 4.98 Å². The highest BCUT2D eigenvalue weighted by molar-refractivity contribution is 5.81. The molecule has 0 unspecified atom stereocenters. The molecule has 21 heavy (non-hydrogen) atoms. The SMILES string of the molecule is CCN(Cc1cc2ccccc2nc1NC)CC1CCC1. The Hall–Kier alpha value is -1.61. The number of hydrogen-bond donors (Lipinski definition) is 1. The second-order valence-corrected chi connectivity index (χ2v) is 6.06. The van der Waals surface area contributed by atoms with Gasteiger partial charge in [-0.3, -0.25) is 4.90 Å². The van der Waals surface area contributed by atoms with Crippen LogP contribution in [0.3, 0.4) is 0 Å². The van der Waals surface area contributed by atoms with Gasteiger partial charge in [-0.15, -0.1) is 0 Å². The number of benzene rings is 1. The van der Waals surface area contributed by atoms with Crippen molar-refractivity contribution < 1.29 is 0 Å². The summed E-state index contributed by atoms with van der Waals surface area (Å²) >= 11 is 0. The molecule has 1 aliphatic carbocycles. The van der Waals surface area contributed by atoms with Crippen molar-refractivity contribution in [3.05, 3.63) is 35.9 Å². The topological polar surface area (TPSA) is 28.2 Å². The van der Waals surface area contributed by atoms with E-state index >= 15 is 0 Å². The van der Waals surface area contributed by atoms with Crippen LogP contribution in [0.1, 0.15) is 31.7 Å². The molecule has 0 atom stereocenters. The van der Waals surface area contributed by atoms with Crippen LogP contribution in [-0.4, -0.2) is 30.0 Å². The average Bonchev–Trinajstić information content (AvgIpc) is 2.48. The third-order valence-corrected chi connectivity index (χ3v) is 4.62. The van der Waals surface area contributed by atoms with Gasteiger partial charge < -0.3 is 5.32 Å². The van der Waals surface area contributed by atoms with Crippen molar-refractivity contribution >= 4 is 16.7 Å². The van der Waals surface area contributed by atoms with Crippen molar-refractivity contribution in [1.82, 2.24) is 9.88 Å². The van der Waals surface area contributed by atoms with E-state index in [1.165, 1.54) is 36.8 Å². The summed E-state index contributed by atoms with van der Waals surface area (Å²) in [5.41, 5.74) is 2.37. The molecule has 1 heterocycles. The summed E-state index contributed by atoms with van der Waals surface area (Å²) < 4.78 is 0. The highest BCUT2D eigenvalue weighted by atomic mass is 15.1. The molecule has 3 nitrogen and oxygen atoms in total. The van der Waals surface area contributed by atoms with Crippen LogP contribution < -0.4 is 5.32 Å². The molecule has 0 radical (unpaired) electrons.